The average molecular weight is 158 g/mol. The lowest BCUT2D eigenvalue weighted by Gasteiger charge is -2.27. The zero-order valence-corrected chi connectivity index (χ0v) is 7.04. The summed E-state index contributed by atoms with van der Waals surface area (Å²) in [4.78, 5) is 6.07. The van der Waals surface area contributed by atoms with Gasteiger partial charge >= 0.3 is 0 Å². The lowest BCUT2D eigenvalue weighted by Crippen LogP contribution is -2.41. The minimum Gasteiger partial charge on any atom is -0.468 e. The van der Waals surface area contributed by atoms with Gasteiger partial charge in [0.1, 0.15) is 0 Å². The molecule has 0 aromatic carbocycles. The van der Waals surface area contributed by atoms with E-state index in [4.69, 9.17) is 9.47 Å². The van der Waals surface area contributed by atoms with Gasteiger partial charge in [-0.15, -0.1) is 0 Å². The van der Waals surface area contributed by atoms with E-state index in [1.807, 2.05) is 0 Å². The van der Waals surface area contributed by atoms with E-state index in [0.29, 0.717) is 6.02 Å². The van der Waals surface area contributed by atoms with Crippen molar-refractivity contribution in [2.45, 2.75) is 0 Å². The van der Waals surface area contributed by atoms with E-state index in [-0.39, 0.29) is 0 Å². The van der Waals surface area contributed by atoms with Crippen LogP contribution >= 0.6 is 0 Å². The summed E-state index contributed by atoms with van der Waals surface area (Å²) in [5, 5.41) is 0. The van der Waals surface area contributed by atoms with E-state index < -0.39 is 0 Å². The predicted molar refractivity (Wildman–Crippen MR) is 42.8 cm³/mol. The molecule has 0 saturated carbocycles. The summed E-state index contributed by atoms with van der Waals surface area (Å²) in [7, 11) is 3.37. The van der Waals surface area contributed by atoms with Gasteiger partial charge in [0.25, 0.3) is 6.02 Å². The summed E-state index contributed by atoms with van der Waals surface area (Å²) in [5.41, 5.74) is 0. The Morgan fingerprint density at radius 3 is 2.55 bits per heavy atom. The molecule has 0 bridgehead atoms. The van der Waals surface area contributed by atoms with Gasteiger partial charge in [0.15, 0.2) is 0 Å². The van der Waals surface area contributed by atoms with Crippen LogP contribution in [0.4, 0.5) is 0 Å². The second-order valence-corrected chi connectivity index (χ2v) is 2.31. The van der Waals surface area contributed by atoms with E-state index >= 15 is 0 Å². The number of methoxy groups -OCH3 is 1. The van der Waals surface area contributed by atoms with Crippen LogP contribution in [0.2, 0.25) is 0 Å². The lowest BCUT2D eigenvalue weighted by molar-refractivity contribution is 0.0579. The number of ether oxygens (including phenoxy) is 2. The molecule has 1 aliphatic rings. The maximum absolute atomic E-state index is 5.19. The van der Waals surface area contributed by atoms with E-state index in [1.54, 1.807) is 14.2 Å². The first-order valence-electron chi connectivity index (χ1n) is 3.72. The molecule has 1 rings (SSSR count). The molecule has 1 heterocycles. The summed E-state index contributed by atoms with van der Waals surface area (Å²) in [6.45, 7) is 3.28. The van der Waals surface area contributed by atoms with Gasteiger partial charge in [0, 0.05) is 20.1 Å². The molecule has 1 saturated heterocycles. The third-order valence-corrected chi connectivity index (χ3v) is 1.66. The molecule has 1 aliphatic heterocycles. The fraction of sp³-hybridized carbons (Fsp3) is 0.857. The van der Waals surface area contributed by atoms with Gasteiger partial charge in [-0.3, -0.25) is 0 Å². The quantitative estimate of drug-likeness (QED) is 0.366. The highest BCUT2D eigenvalue weighted by Crippen LogP contribution is 1.98. The van der Waals surface area contributed by atoms with Gasteiger partial charge in [-0.05, 0) is 0 Å². The van der Waals surface area contributed by atoms with Crippen molar-refractivity contribution < 1.29 is 9.47 Å². The summed E-state index contributed by atoms with van der Waals surface area (Å²) in [6, 6.07) is 0.702. The smallest absolute Gasteiger partial charge is 0.286 e. The van der Waals surface area contributed by atoms with E-state index in [1.165, 1.54) is 0 Å². The summed E-state index contributed by atoms with van der Waals surface area (Å²) in [5.74, 6) is 0. The van der Waals surface area contributed by atoms with Crippen molar-refractivity contribution in [3.8, 4) is 0 Å². The molecule has 0 amide bonds. The number of amidine groups is 1. The fourth-order valence-corrected chi connectivity index (χ4v) is 1.12. The molecule has 0 radical (unpaired) electrons. The molecule has 0 spiro atoms. The third-order valence-electron chi connectivity index (χ3n) is 1.66. The molecule has 1 fully saturated rings. The largest absolute Gasteiger partial charge is 0.468 e. The van der Waals surface area contributed by atoms with Crippen LogP contribution in [0.15, 0.2) is 4.99 Å². The molecule has 0 atom stereocenters. The van der Waals surface area contributed by atoms with Crippen LogP contribution in [0, 0.1) is 0 Å². The average Bonchev–Trinajstić information content (AvgIpc) is 2.09. The Hall–Kier alpha value is -0.770. The van der Waals surface area contributed by atoms with E-state index in [2.05, 4.69) is 9.89 Å². The van der Waals surface area contributed by atoms with Crippen LogP contribution in [-0.4, -0.2) is 51.4 Å². The summed E-state index contributed by atoms with van der Waals surface area (Å²) in [6.07, 6.45) is 0. The molecular weight excluding hydrogens is 144 g/mol. The zero-order valence-electron chi connectivity index (χ0n) is 7.04. The second-order valence-electron chi connectivity index (χ2n) is 2.31. The highest BCUT2D eigenvalue weighted by molar-refractivity contribution is 5.73. The molecule has 0 aromatic heterocycles. The van der Waals surface area contributed by atoms with Crippen molar-refractivity contribution in [3.63, 3.8) is 0 Å². The van der Waals surface area contributed by atoms with Crippen molar-refractivity contribution >= 4 is 6.02 Å². The molecular formula is C7H14N2O2. The second kappa shape index (κ2) is 4.18. The zero-order chi connectivity index (χ0) is 8.10. The summed E-state index contributed by atoms with van der Waals surface area (Å²) >= 11 is 0. The molecule has 4 nitrogen and oxygen atoms in total. The highest BCUT2D eigenvalue weighted by Gasteiger charge is 2.13. The van der Waals surface area contributed by atoms with Crippen LogP contribution in [-0.2, 0) is 9.47 Å². The minimum absolute atomic E-state index is 0.702. The van der Waals surface area contributed by atoms with Crippen LogP contribution in [0.1, 0.15) is 0 Å². The first kappa shape index (κ1) is 8.33. The molecule has 0 N–H and O–H groups in total. The van der Waals surface area contributed by atoms with Crippen molar-refractivity contribution in [1.29, 1.82) is 0 Å². The number of nitrogens with zero attached hydrogens (tertiary/aromatic N) is 2. The molecule has 0 aromatic rings. The molecule has 4 heteroatoms. The van der Waals surface area contributed by atoms with Crippen molar-refractivity contribution in [2.24, 2.45) is 4.99 Å². The van der Waals surface area contributed by atoms with Crippen LogP contribution < -0.4 is 0 Å². The Morgan fingerprint density at radius 1 is 1.45 bits per heavy atom. The van der Waals surface area contributed by atoms with Gasteiger partial charge in [0.05, 0.1) is 20.3 Å². The molecule has 11 heavy (non-hydrogen) atoms. The van der Waals surface area contributed by atoms with E-state index in [0.717, 1.165) is 26.3 Å². The Balaban J connectivity index is 2.43. The standard InChI is InChI=1S/C7H14N2O2/c1-8-7(10-2)9-3-5-11-6-4-9/h3-6H2,1-2H3/b8-7-. The van der Waals surface area contributed by atoms with Crippen molar-refractivity contribution in [3.05, 3.63) is 0 Å². The van der Waals surface area contributed by atoms with Crippen LogP contribution in [0.5, 0.6) is 0 Å². The number of morpholine rings is 1. The maximum Gasteiger partial charge on any atom is 0.286 e. The Labute approximate surface area is 66.8 Å². The highest BCUT2D eigenvalue weighted by atomic mass is 16.5. The maximum atomic E-state index is 5.19. The van der Waals surface area contributed by atoms with Gasteiger partial charge < -0.3 is 14.4 Å². The fourth-order valence-electron chi connectivity index (χ4n) is 1.12. The molecule has 0 unspecified atom stereocenters. The number of hydrogen-bond donors (Lipinski definition) is 0. The van der Waals surface area contributed by atoms with Gasteiger partial charge in [-0.1, -0.05) is 0 Å². The number of aliphatic imine (C=N–C) groups is 1. The lowest BCUT2D eigenvalue weighted by atomic mass is 10.4. The van der Waals surface area contributed by atoms with Crippen molar-refractivity contribution in [2.75, 3.05) is 40.5 Å². The Bertz CT molecular complexity index is 141. The first-order valence-corrected chi connectivity index (χ1v) is 3.72. The topological polar surface area (TPSA) is 34.1 Å². The number of hydrogen-bond acceptors (Lipinski definition) is 3. The van der Waals surface area contributed by atoms with Gasteiger partial charge in [-0.25, -0.2) is 4.99 Å². The van der Waals surface area contributed by atoms with Crippen molar-refractivity contribution in [1.82, 2.24) is 4.90 Å². The predicted octanol–water partition coefficient (Wildman–Crippen LogP) is -0.0492. The number of rotatable bonds is 0. The van der Waals surface area contributed by atoms with E-state index in [9.17, 15) is 0 Å². The third kappa shape index (κ3) is 2.08. The summed E-state index contributed by atoms with van der Waals surface area (Å²) < 4.78 is 10.2. The SMILES string of the molecule is C/N=C(\OC)N1CCOCC1. The molecule has 64 valence electrons. The molecule has 0 aliphatic carbocycles. The first-order chi connectivity index (χ1) is 5.38. The Morgan fingerprint density at radius 2 is 2.09 bits per heavy atom. The Kier molecular flexibility index (Phi) is 3.16. The van der Waals surface area contributed by atoms with Crippen LogP contribution in [0.3, 0.4) is 0 Å². The van der Waals surface area contributed by atoms with Gasteiger partial charge in [-0.2, -0.15) is 0 Å². The normalized spacial score (nSPS) is 20.2. The van der Waals surface area contributed by atoms with Crippen LogP contribution in [0.25, 0.3) is 0 Å². The minimum atomic E-state index is 0.702. The monoisotopic (exact) mass is 158 g/mol. The van der Waals surface area contributed by atoms with Gasteiger partial charge in [0.2, 0.25) is 0 Å².